The van der Waals surface area contributed by atoms with E-state index in [1.54, 1.807) is 37.3 Å². The first kappa shape index (κ1) is 14.5. The lowest BCUT2D eigenvalue weighted by Gasteiger charge is -2.08. The average molecular weight is 287 g/mol. The molecule has 0 spiro atoms. The van der Waals surface area contributed by atoms with E-state index in [0.717, 1.165) is 6.07 Å². The lowest BCUT2D eigenvalue weighted by atomic mass is 10.0. The summed E-state index contributed by atoms with van der Waals surface area (Å²) in [4.78, 5) is 22.3. The van der Waals surface area contributed by atoms with Gasteiger partial charge in [0.15, 0.2) is 0 Å². The van der Waals surface area contributed by atoms with Gasteiger partial charge in [0.25, 0.3) is 5.69 Å². The summed E-state index contributed by atoms with van der Waals surface area (Å²) in [7, 11) is 0. The molecular formula is C15H13NO5. The summed E-state index contributed by atoms with van der Waals surface area (Å²) in [6.07, 6.45) is 0. The maximum atomic E-state index is 11.7. The number of phenols is 1. The Bertz CT molecular complexity index is 682. The molecule has 0 radical (unpaired) electrons. The van der Waals surface area contributed by atoms with Crippen LogP contribution in [0.25, 0.3) is 11.1 Å². The number of rotatable bonds is 4. The Morgan fingerprint density at radius 2 is 1.95 bits per heavy atom. The third-order valence-corrected chi connectivity index (χ3v) is 2.87. The molecule has 2 rings (SSSR count). The molecule has 1 N–H and O–H groups in total. The number of hydrogen-bond acceptors (Lipinski definition) is 5. The van der Waals surface area contributed by atoms with E-state index in [4.69, 9.17) is 4.74 Å². The van der Waals surface area contributed by atoms with Crippen LogP contribution < -0.4 is 0 Å². The van der Waals surface area contributed by atoms with Crippen LogP contribution in [0.4, 0.5) is 5.69 Å². The largest absolute Gasteiger partial charge is 0.507 e. The average Bonchev–Trinajstić information content (AvgIpc) is 2.47. The number of aromatic hydroxyl groups is 1. The molecule has 6 nitrogen and oxygen atoms in total. The molecule has 0 amide bonds. The Balaban J connectivity index is 2.62. The van der Waals surface area contributed by atoms with Gasteiger partial charge in [0.05, 0.1) is 17.1 Å². The van der Waals surface area contributed by atoms with Crippen LogP contribution in [0.2, 0.25) is 0 Å². The van der Waals surface area contributed by atoms with Crippen LogP contribution in [-0.2, 0) is 4.74 Å². The first-order valence-corrected chi connectivity index (χ1v) is 6.28. The third-order valence-electron chi connectivity index (χ3n) is 2.87. The number of phenolic OH excluding ortho intramolecular Hbond substituents is 1. The molecule has 108 valence electrons. The molecule has 0 bridgehead atoms. The second-order valence-electron chi connectivity index (χ2n) is 4.23. The number of benzene rings is 2. The van der Waals surface area contributed by atoms with Crippen LogP contribution in [0.5, 0.6) is 5.75 Å². The minimum atomic E-state index is -0.712. The molecule has 0 fully saturated rings. The zero-order valence-electron chi connectivity index (χ0n) is 11.3. The molecular weight excluding hydrogens is 274 g/mol. The molecule has 0 saturated heterocycles. The zero-order valence-corrected chi connectivity index (χ0v) is 11.3. The highest BCUT2D eigenvalue weighted by atomic mass is 16.6. The summed E-state index contributed by atoms with van der Waals surface area (Å²) in [6, 6.07) is 10.8. The van der Waals surface area contributed by atoms with Gasteiger partial charge in [0.1, 0.15) is 11.3 Å². The highest BCUT2D eigenvalue weighted by Gasteiger charge is 2.23. The van der Waals surface area contributed by atoms with Gasteiger partial charge in [-0.2, -0.15) is 0 Å². The summed E-state index contributed by atoms with van der Waals surface area (Å²) in [6.45, 7) is 1.78. The first-order chi connectivity index (χ1) is 10.0. The summed E-state index contributed by atoms with van der Waals surface area (Å²) >= 11 is 0. The van der Waals surface area contributed by atoms with Crippen LogP contribution in [0.15, 0.2) is 42.5 Å². The number of carbonyl (C=O) groups excluding carboxylic acids is 1. The fourth-order valence-electron chi connectivity index (χ4n) is 1.99. The number of carbonyl (C=O) groups is 1. The highest BCUT2D eigenvalue weighted by Crippen LogP contribution is 2.38. The molecule has 0 atom stereocenters. The van der Waals surface area contributed by atoms with E-state index in [9.17, 15) is 20.0 Å². The summed E-state index contributed by atoms with van der Waals surface area (Å²) in [5, 5.41) is 21.3. The van der Waals surface area contributed by atoms with Gasteiger partial charge in [-0.15, -0.1) is 0 Å². The van der Waals surface area contributed by atoms with Crippen LogP contribution in [0.1, 0.15) is 17.3 Å². The van der Waals surface area contributed by atoms with Crippen molar-refractivity contribution in [2.75, 3.05) is 6.61 Å². The molecule has 0 aliphatic carbocycles. The minimum Gasteiger partial charge on any atom is -0.507 e. The summed E-state index contributed by atoms with van der Waals surface area (Å²) in [5.41, 5.74) is 0.177. The topological polar surface area (TPSA) is 89.7 Å². The predicted octanol–water partition coefficient (Wildman–Crippen LogP) is 3.14. The molecule has 0 unspecified atom stereocenters. The molecule has 21 heavy (non-hydrogen) atoms. The van der Waals surface area contributed by atoms with E-state index in [-0.39, 0.29) is 29.2 Å². The minimum absolute atomic E-state index is 0.0549. The fourth-order valence-corrected chi connectivity index (χ4v) is 1.99. The second kappa shape index (κ2) is 6.04. The van der Waals surface area contributed by atoms with Gasteiger partial charge in [-0.25, -0.2) is 4.79 Å². The van der Waals surface area contributed by atoms with Crippen molar-refractivity contribution < 1.29 is 19.6 Å². The molecule has 2 aromatic carbocycles. The van der Waals surface area contributed by atoms with Gasteiger partial charge in [-0.05, 0) is 18.6 Å². The van der Waals surface area contributed by atoms with Crippen LogP contribution in [0.3, 0.4) is 0 Å². The molecule has 0 aliphatic rings. The van der Waals surface area contributed by atoms with Gasteiger partial charge >= 0.3 is 5.97 Å². The molecule has 0 saturated carbocycles. The molecule has 6 heteroatoms. The van der Waals surface area contributed by atoms with Crippen molar-refractivity contribution in [3.8, 4) is 16.9 Å². The van der Waals surface area contributed by atoms with Crippen molar-refractivity contribution in [3.63, 3.8) is 0 Å². The Morgan fingerprint density at radius 1 is 1.29 bits per heavy atom. The number of nitrogens with zero attached hydrogens (tertiary/aromatic N) is 1. The van der Waals surface area contributed by atoms with Crippen molar-refractivity contribution in [3.05, 3.63) is 58.1 Å². The summed E-state index contributed by atoms with van der Waals surface area (Å²) < 4.78 is 4.79. The Morgan fingerprint density at radius 3 is 2.52 bits per heavy atom. The Hall–Kier alpha value is -2.89. The standard InChI is InChI=1S/C15H13NO5/c1-2-21-15(18)11-8-12(16(19)20)14(13(17)9-11)10-6-4-3-5-7-10/h3-9,17H,2H2,1H3. The zero-order chi connectivity index (χ0) is 15.4. The van der Waals surface area contributed by atoms with Crippen LogP contribution in [-0.4, -0.2) is 22.6 Å². The number of nitro groups is 1. The maximum absolute atomic E-state index is 11.7. The van der Waals surface area contributed by atoms with Crippen LogP contribution >= 0.6 is 0 Å². The van der Waals surface area contributed by atoms with Gasteiger partial charge < -0.3 is 9.84 Å². The lowest BCUT2D eigenvalue weighted by Crippen LogP contribution is -2.06. The van der Waals surface area contributed by atoms with E-state index in [0.29, 0.717) is 5.56 Å². The third kappa shape index (κ3) is 3.00. The number of ether oxygens (including phenoxy) is 1. The normalized spacial score (nSPS) is 10.1. The van der Waals surface area contributed by atoms with Crippen molar-refractivity contribution in [2.45, 2.75) is 6.92 Å². The molecule has 0 aromatic heterocycles. The van der Waals surface area contributed by atoms with Crippen molar-refractivity contribution in [1.82, 2.24) is 0 Å². The van der Waals surface area contributed by atoms with Crippen LogP contribution in [0, 0.1) is 10.1 Å². The quantitative estimate of drug-likeness (QED) is 0.530. The van der Waals surface area contributed by atoms with Crippen molar-refractivity contribution in [1.29, 1.82) is 0 Å². The predicted molar refractivity (Wildman–Crippen MR) is 76.2 cm³/mol. The number of esters is 1. The summed E-state index contributed by atoms with van der Waals surface area (Å²) in [5.74, 6) is -1.05. The first-order valence-electron chi connectivity index (χ1n) is 6.28. The van der Waals surface area contributed by atoms with Gasteiger partial charge in [0, 0.05) is 6.07 Å². The van der Waals surface area contributed by atoms with Gasteiger partial charge in [-0.1, -0.05) is 30.3 Å². The lowest BCUT2D eigenvalue weighted by molar-refractivity contribution is -0.384. The van der Waals surface area contributed by atoms with Gasteiger partial charge in [-0.3, -0.25) is 10.1 Å². The highest BCUT2D eigenvalue weighted by molar-refractivity contribution is 5.94. The van der Waals surface area contributed by atoms with E-state index in [1.807, 2.05) is 0 Å². The monoisotopic (exact) mass is 287 g/mol. The van der Waals surface area contributed by atoms with E-state index >= 15 is 0 Å². The second-order valence-corrected chi connectivity index (χ2v) is 4.23. The number of nitro benzene ring substituents is 1. The maximum Gasteiger partial charge on any atom is 0.338 e. The Labute approximate surface area is 120 Å². The smallest absolute Gasteiger partial charge is 0.338 e. The Kier molecular flexibility index (Phi) is 4.18. The van der Waals surface area contributed by atoms with Crippen molar-refractivity contribution in [2.24, 2.45) is 0 Å². The van der Waals surface area contributed by atoms with Gasteiger partial charge in [0.2, 0.25) is 0 Å². The fraction of sp³-hybridized carbons (Fsp3) is 0.133. The molecule has 0 heterocycles. The van der Waals surface area contributed by atoms with E-state index in [2.05, 4.69) is 0 Å². The number of hydrogen-bond donors (Lipinski definition) is 1. The van der Waals surface area contributed by atoms with Crippen molar-refractivity contribution >= 4 is 11.7 Å². The molecule has 0 aliphatic heterocycles. The van der Waals surface area contributed by atoms with E-state index < -0.39 is 10.9 Å². The SMILES string of the molecule is CCOC(=O)c1cc(O)c(-c2ccccc2)c([N+](=O)[O-])c1. The molecule has 2 aromatic rings. The van der Waals surface area contributed by atoms with E-state index in [1.165, 1.54) is 6.07 Å².